The van der Waals surface area contributed by atoms with E-state index in [4.69, 9.17) is 9.47 Å². The van der Waals surface area contributed by atoms with Crippen molar-refractivity contribution < 1.29 is 39.5 Å². The van der Waals surface area contributed by atoms with E-state index >= 15 is 0 Å². The van der Waals surface area contributed by atoms with Gasteiger partial charge in [-0.2, -0.15) is 0 Å². The van der Waals surface area contributed by atoms with Gasteiger partial charge >= 0.3 is 48.9 Å². The van der Waals surface area contributed by atoms with Crippen molar-refractivity contribution >= 4 is 60.8 Å². The van der Waals surface area contributed by atoms with Crippen LogP contribution in [0.4, 0.5) is 0 Å². The molecule has 8 nitrogen and oxygen atoms in total. The minimum absolute atomic E-state index is 0. The molecule has 0 aromatic heterocycles. The minimum Gasteiger partial charge on any atom is -0.550 e. The van der Waals surface area contributed by atoms with Crippen LogP contribution in [-0.4, -0.2) is 82.6 Å². The third-order valence-corrected chi connectivity index (χ3v) is 11.0. The molecule has 0 aliphatic heterocycles. The molecule has 2 N–H and O–H groups in total. The van der Waals surface area contributed by atoms with Gasteiger partial charge in [-0.3, -0.25) is 0 Å². The molecule has 332 valence electrons. The summed E-state index contributed by atoms with van der Waals surface area (Å²) in [6.07, 6.45) is 30.7. The van der Waals surface area contributed by atoms with Crippen molar-refractivity contribution in [2.45, 2.75) is 231 Å². The second kappa shape index (κ2) is 39.6. The predicted molar refractivity (Wildman–Crippen MR) is 238 cm³/mol. The Balaban J connectivity index is 0.00000112. The Morgan fingerprint density at radius 3 is 0.949 bits per heavy atom. The number of carbonyl (C=O) groups is 2. The Labute approximate surface area is 400 Å². The molecule has 0 saturated heterocycles. The quantitative estimate of drug-likeness (QED) is 0.0385. The maximum atomic E-state index is 10.8. The van der Waals surface area contributed by atoms with Crippen LogP contribution in [0.15, 0.2) is 60.7 Å². The van der Waals surface area contributed by atoms with E-state index in [1.165, 1.54) is 116 Å². The molecule has 0 aliphatic rings. The molecule has 0 amide bonds. The van der Waals surface area contributed by atoms with Crippen LogP contribution < -0.4 is 10.2 Å². The largest absolute Gasteiger partial charge is 2.00 e. The normalized spacial score (nSPS) is 13.1. The minimum atomic E-state index is -1.39. The average Bonchev–Trinajstić information content (AvgIpc) is 3.23. The number of carboxylic acid groups (broad SMARTS) is 2. The number of unbranched alkanes of at least 4 members (excludes halogenated alkanes) is 22. The molecule has 0 fully saturated rings. The molecule has 9 heteroatoms. The van der Waals surface area contributed by atoms with Crippen LogP contribution in [0.25, 0.3) is 0 Å². The van der Waals surface area contributed by atoms with Crippen LogP contribution in [0.5, 0.6) is 0 Å². The van der Waals surface area contributed by atoms with E-state index < -0.39 is 23.5 Å². The van der Waals surface area contributed by atoms with Crippen LogP contribution in [0.3, 0.4) is 0 Å². The number of aliphatic carboxylic acids is 2. The standard InChI is InChI=1S/2C25H42O4.Ba/c2*1-2-3-4-5-6-7-8-9-10-11-12-16-20-25(28,21-19-24(26)27)29-22-23-17-14-13-15-18-23;/h2*13-15,17-18,28H,2-12,16,19-22H2,1H3,(H,26,27);/q;;+2/p-2. The van der Waals surface area contributed by atoms with Gasteiger partial charge in [0.05, 0.1) is 13.2 Å². The van der Waals surface area contributed by atoms with Crippen molar-refractivity contribution in [3.63, 3.8) is 0 Å². The van der Waals surface area contributed by atoms with E-state index in [0.717, 1.165) is 49.7 Å². The first kappa shape index (κ1) is 57.8. The third kappa shape index (κ3) is 36.0. The van der Waals surface area contributed by atoms with Gasteiger partial charge in [-0.15, -0.1) is 0 Å². The fourth-order valence-corrected chi connectivity index (χ4v) is 7.20. The van der Waals surface area contributed by atoms with Gasteiger partial charge in [0.1, 0.15) is 0 Å². The number of ether oxygens (including phenoxy) is 2. The fourth-order valence-electron chi connectivity index (χ4n) is 7.20. The maximum Gasteiger partial charge on any atom is 2.00 e. The summed E-state index contributed by atoms with van der Waals surface area (Å²) in [4.78, 5) is 21.6. The molecule has 2 rings (SSSR count). The summed E-state index contributed by atoms with van der Waals surface area (Å²) in [7, 11) is 0. The Morgan fingerprint density at radius 2 is 0.695 bits per heavy atom. The molecule has 2 aromatic carbocycles. The van der Waals surface area contributed by atoms with Crippen LogP contribution >= 0.6 is 0 Å². The third-order valence-electron chi connectivity index (χ3n) is 11.0. The molecule has 0 radical (unpaired) electrons. The van der Waals surface area contributed by atoms with Gasteiger partial charge in [-0.25, -0.2) is 0 Å². The number of carboxylic acids is 2. The van der Waals surface area contributed by atoms with Gasteiger partial charge in [-0.1, -0.05) is 216 Å². The summed E-state index contributed by atoms with van der Waals surface area (Å²) in [6, 6.07) is 19.3. The average molecular weight is 949 g/mol. The maximum absolute atomic E-state index is 10.8. The smallest absolute Gasteiger partial charge is 0.550 e. The zero-order valence-electron chi connectivity index (χ0n) is 37.5. The van der Waals surface area contributed by atoms with Crippen LogP contribution in [-0.2, 0) is 32.3 Å². The van der Waals surface area contributed by atoms with Gasteiger partial charge in [0.25, 0.3) is 0 Å². The van der Waals surface area contributed by atoms with Crippen molar-refractivity contribution in [1.29, 1.82) is 0 Å². The van der Waals surface area contributed by atoms with Crippen molar-refractivity contribution in [3.05, 3.63) is 71.8 Å². The summed E-state index contributed by atoms with van der Waals surface area (Å²) >= 11 is 0. The number of benzene rings is 2. The van der Waals surface area contributed by atoms with Gasteiger partial charge in [-0.05, 0) is 36.8 Å². The zero-order chi connectivity index (χ0) is 42.4. The zero-order valence-corrected chi connectivity index (χ0v) is 41.9. The van der Waals surface area contributed by atoms with E-state index in [1.54, 1.807) is 0 Å². The van der Waals surface area contributed by atoms with Crippen molar-refractivity contribution in [3.8, 4) is 0 Å². The van der Waals surface area contributed by atoms with Crippen molar-refractivity contribution in [2.75, 3.05) is 0 Å². The summed E-state index contributed by atoms with van der Waals surface area (Å²) < 4.78 is 11.5. The van der Waals surface area contributed by atoms with E-state index in [-0.39, 0.29) is 87.8 Å². The molecular weight excluding hydrogens is 866 g/mol. The Bertz CT molecular complexity index is 1140. The molecular formula is C50H82BaO8. The first-order chi connectivity index (χ1) is 28.1. The van der Waals surface area contributed by atoms with Gasteiger partial charge in [0.2, 0.25) is 0 Å². The molecule has 2 atom stereocenters. The Kier molecular flexibility index (Phi) is 38.8. The van der Waals surface area contributed by atoms with Crippen LogP contribution in [0, 0.1) is 0 Å². The van der Waals surface area contributed by atoms with Gasteiger partial charge in [0.15, 0.2) is 11.6 Å². The molecule has 0 aliphatic carbocycles. The summed E-state index contributed by atoms with van der Waals surface area (Å²) in [6.45, 7) is 5.06. The van der Waals surface area contributed by atoms with Gasteiger partial charge < -0.3 is 39.5 Å². The second-order valence-corrected chi connectivity index (χ2v) is 16.5. The van der Waals surface area contributed by atoms with E-state index in [2.05, 4.69) is 13.8 Å². The summed E-state index contributed by atoms with van der Waals surface area (Å²) in [5.74, 6) is -5.09. The Morgan fingerprint density at radius 1 is 0.441 bits per heavy atom. The number of rotatable bonds is 38. The monoisotopic (exact) mass is 949 g/mol. The fraction of sp³-hybridized carbons (Fsp3) is 0.720. The first-order valence-electron chi connectivity index (χ1n) is 23.3. The number of aliphatic hydroxyl groups is 2. The molecule has 2 unspecified atom stereocenters. The van der Waals surface area contributed by atoms with Crippen molar-refractivity contribution in [1.82, 2.24) is 0 Å². The second-order valence-electron chi connectivity index (χ2n) is 16.5. The predicted octanol–water partition coefficient (Wildman–Crippen LogP) is 10.6. The number of hydrogen-bond acceptors (Lipinski definition) is 8. The SMILES string of the molecule is CCCCCCCCCCCCCCC(O)(CCC(=O)[O-])OCc1ccccc1.CCCCCCCCCCCCCCC(O)(CCC(=O)[O-])OCc1ccccc1.[Ba+2]. The van der Waals surface area contributed by atoms with Crippen LogP contribution in [0.1, 0.15) is 218 Å². The number of hydrogen-bond donors (Lipinski definition) is 2. The van der Waals surface area contributed by atoms with Gasteiger partial charge in [0, 0.05) is 37.6 Å². The summed E-state index contributed by atoms with van der Waals surface area (Å²) in [5, 5.41) is 43.2. The first-order valence-corrected chi connectivity index (χ1v) is 23.3. The summed E-state index contributed by atoms with van der Waals surface area (Å²) in [5.41, 5.74) is 1.93. The van der Waals surface area contributed by atoms with E-state index in [0.29, 0.717) is 12.8 Å². The van der Waals surface area contributed by atoms with Crippen LogP contribution in [0.2, 0.25) is 0 Å². The van der Waals surface area contributed by atoms with E-state index in [1.807, 2.05) is 60.7 Å². The van der Waals surface area contributed by atoms with E-state index in [9.17, 15) is 30.0 Å². The molecule has 2 aromatic rings. The topological polar surface area (TPSA) is 139 Å². The number of carbonyl (C=O) groups excluding carboxylic acids is 2. The molecule has 0 bridgehead atoms. The molecule has 0 spiro atoms. The van der Waals surface area contributed by atoms with Crippen molar-refractivity contribution in [2.24, 2.45) is 0 Å². The molecule has 0 saturated carbocycles. The molecule has 59 heavy (non-hydrogen) atoms. The molecule has 0 heterocycles. The Hall–Kier alpha value is -1.21.